The molecule has 0 spiro atoms. The predicted molar refractivity (Wildman–Crippen MR) is 184 cm³/mol. The lowest BCUT2D eigenvalue weighted by molar-refractivity contribution is -0.140. The molecule has 1 unspecified atom stereocenters. The first kappa shape index (κ1) is 35.2. The van der Waals surface area contributed by atoms with E-state index in [-0.39, 0.29) is 47.7 Å². The third-order valence-corrected chi connectivity index (χ3v) is 9.71. The van der Waals surface area contributed by atoms with Gasteiger partial charge in [0.2, 0.25) is 11.8 Å². The number of halogens is 1. The van der Waals surface area contributed by atoms with Gasteiger partial charge in [-0.15, -0.1) is 0 Å². The van der Waals surface area contributed by atoms with Gasteiger partial charge in [-0.2, -0.15) is 0 Å². The average Bonchev–Trinajstić information content (AvgIpc) is 3.11. The van der Waals surface area contributed by atoms with Crippen LogP contribution in [-0.2, 0) is 32.6 Å². The fourth-order valence-corrected chi connectivity index (χ4v) is 6.82. The number of amides is 2. The van der Waals surface area contributed by atoms with Gasteiger partial charge in [0.1, 0.15) is 37.4 Å². The molecule has 10 nitrogen and oxygen atoms in total. The minimum atomic E-state index is -4.43. The molecular weight excluding hydrogens is 649 g/mol. The van der Waals surface area contributed by atoms with Crippen molar-refractivity contribution in [2.75, 3.05) is 37.7 Å². The number of fused-ring (bicyclic) bond motifs is 1. The maximum atomic E-state index is 14.6. The summed E-state index contributed by atoms with van der Waals surface area (Å²) < 4.78 is 60.3. The predicted octanol–water partition coefficient (Wildman–Crippen LogP) is 5.21. The van der Waals surface area contributed by atoms with Gasteiger partial charge in [0.25, 0.3) is 10.0 Å². The number of anilines is 1. The topological polar surface area (TPSA) is 114 Å². The number of carbonyl (C=O) groups is 2. The Morgan fingerprint density at radius 3 is 2.27 bits per heavy atom. The van der Waals surface area contributed by atoms with Crippen molar-refractivity contribution in [3.63, 3.8) is 0 Å². The highest BCUT2D eigenvalue weighted by Gasteiger charge is 2.35. The summed E-state index contributed by atoms with van der Waals surface area (Å²) in [6, 6.07) is 24.4. The zero-order chi connectivity index (χ0) is 35.0. The molecule has 0 aliphatic carbocycles. The lowest BCUT2D eigenvalue weighted by Crippen LogP contribution is -2.53. The van der Waals surface area contributed by atoms with Gasteiger partial charge in [0.15, 0.2) is 11.5 Å². The lowest BCUT2D eigenvalue weighted by atomic mass is 10.0. The molecule has 1 heterocycles. The smallest absolute Gasteiger partial charge is 0.264 e. The van der Waals surface area contributed by atoms with Crippen molar-refractivity contribution in [1.29, 1.82) is 0 Å². The van der Waals surface area contributed by atoms with Crippen LogP contribution < -0.4 is 23.8 Å². The Kier molecular flexibility index (Phi) is 11.4. The molecule has 0 saturated heterocycles. The highest BCUT2D eigenvalue weighted by Crippen LogP contribution is 2.34. The van der Waals surface area contributed by atoms with Crippen molar-refractivity contribution in [3.05, 3.63) is 114 Å². The number of rotatable bonds is 14. The van der Waals surface area contributed by atoms with Gasteiger partial charge in [-0.3, -0.25) is 13.9 Å². The molecule has 1 atom stereocenters. The first-order valence-corrected chi connectivity index (χ1v) is 17.4. The van der Waals surface area contributed by atoms with E-state index >= 15 is 0 Å². The van der Waals surface area contributed by atoms with Gasteiger partial charge in [-0.05, 0) is 65.6 Å². The van der Waals surface area contributed by atoms with Gasteiger partial charge in [0, 0.05) is 25.6 Å². The molecule has 0 aromatic heterocycles. The van der Waals surface area contributed by atoms with Crippen LogP contribution in [0, 0.1) is 11.7 Å². The number of hydrogen-bond acceptors (Lipinski definition) is 7. The quantitative estimate of drug-likeness (QED) is 0.193. The Morgan fingerprint density at radius 1 is 0.878 bits per heavy atom. The van der Waals surface area contributed by atoms with Gasteiger partial charge in [-0.1, -0.05) is 56.3 Å². The molecule has 0 fully saturated rings. The molecule has 0 radical (unpaired) electrons. The number of benzene rings is 4. The number of ether oxygens (including phenoxy) is 3. The van der Waals surface area contributed by atoms with Crippen molar-refractivity contribution < 1.29 is 36.6 Å². The van der Waals surface area contributed by atoms with Crippen LogP contribution in [0.3, 0.4) is 0 Å². The number of nitrogens with one attached hydrogen (secondary N) is 1. The fourth-order valence-electron chi connectivity index (χ4n) is 5.39. The molecule has 4 aromatic rings. The van der Waals surface area contributed by atoms with Crippen LogP contribution in [0.1, 0.15) is 25.0 Å². The van der Waals surface area contributed by atoms with Crippen LogP contribution in [0.15, 0.2) is 102 Å². The zero-order valence-corrected chi connectivity index (χ0v) is 28.5. The second kappa shape index (κ2) is 15.9. The van der Waals surface area contributed by atoms with E-state index in [0.29, 0.717) is 30.2 Å². The summed E-state index contributed by atoms with van der Waals surface area (Å²) in [6.45, 7) is 4.18. The van der Waals surface area contributed by atoms with E-state index in [1.807, 2.05) is 44.2 Å². The van der Waals surface area contributed by atoms with Gasteiger partial charge in [0.05, 0.1) is 17.7 Å². The second-order valence-corrected chi connectivity index (χ2v) is 13.9. The van der Waals surface area contributed by atoms with Gasteiger partial charge in [-0.25, -0.2) is 12.8 Å². The van der Waals surface area contributed by atoms with E-state index in [1.165, 1.54) is 42.3 Å². The van der Waals surface area contributed by atoms with E-state index in [1.54, 1.807) is 24.3 Å². The van der Waals surface area contributed by atoms with Crippen molar-refractivity contribution in [1.82, 2.24) is 10.2 Å². The van der Waals surface area contributed by atoms with Crippen LogP contribution in [0.4, 0.5) is 10.1 Å². The molecule has 0 bridgehead atoms. The van der Waals surface area contributed by atoms with E-state index in [4.69, 9.17) is 14.2 Å². The largest absolute Gasteiger partial charge is 0.497 e. The summed E-state index contributed by atoms with van der Waals surface area (Å²) in [5.41, 5.74) is 1.55. The summed E-state index contributed by atoms with van der Waals surface area (Å²) in [4.78, 5) is 29.8. The summed E-state index contributed by atoms with van der Waals surface area (Å²) in [5.74, 6) is -0.240. The molecule has 258 valence electrons. The van der Waals surface area contributed by atoms with Crippen molar-refractivity contribution in [2.24, 2.45) is 5.92 Å². The molecule has 0 saturated carbocycles. The van der Waals surface area contributed by atoms with Crippen LogP contribution in [0.25, 0.3) is 0 Å². The van der Waals surface area contributed by atoms with Crippen molar-refractivity contribution in [2.45, 2.75) is 37.8 Å². The second-order valence-electron chi connectivity index (χ2n) is 12.0. The minimum Gasteiger partial charge on any atom is -0.497 e. The minimum absolute atomic E-state index is 0.0238. The molecule has 1 aliphatic rings. The summed E-state index contributed by atoms with van der Waals surface area (Å²) in [6.07, 6.45) is 0.173. The molecule has 2 amide bonds. The Hall–Kier alpha value is -5.10. The van der Waals surface area contributed by atoms with Gasteiger partial charge >= 0.3 is 0 Å². The number of methoxy groups -OCH3 is 1. The molecular formula is C37H40FN3O7S. The Bertz CT molecular complexity index is 1850. The SMILES string of the molecule is COc1cccc(CN(C(=O)CN(c2ccc(F)cc2)S(=O)(=O)c2ccc3c(c2)OCCO3)C(Cc2ccccc2)C(=O)NCC(C)C)c1. The number of hydrogen-bond donors (Lipinski definition) is 1. The molecule has 4 aromatic carbocycles. The highest BCUT2D eigenvalue weighted by atomic mass is 32.2. The van der Waals surface area contributed by atoms with Crippen molar-refractivity contribution >= 4 is 27.5 Å². The van der Waals surface area contributed by atoms with E-state index in [9.17, 15) is 22.4 Å². The monoisotopic (exact) mass is 689 g/mol. The fraction of sp³-hybridized carbons (Fsp3) is 0.297. The Labute approximate surface area is 286 Å². The normalized spacial score (nSPS) is 13.0. The molecule has 5 rings (SSSR count). The Balaban J connectivity index is 1.57. The van der Waals surface area contributed by atoms with Crippen molar-refractivity contribution in [3.8, 4) is 17.2 Å². The summed E-state index contributed by atoms with van der Waals surface area (Å²) in [5, 5.41) is 2.97. The van der Waals surface area contributed by atoms with Crippen LogP contribution in [0.5, 0.6) is 17.2 Å². The number of nitrogens with zero attached hydrogens (tertiary/aromatic N) is 2. The van der Waals surface area contributed by atoms with E-state index < -0.39 is 34.3 Å². The van der Waals surface area contributed by atoms with Crippen LogP contribution in [0.2, 0.25) is 0 Å². The number of sulfonamides is 1. The third-order valence-electron chi connectivity index (χ3n) is 7.94. The molecule has 1 N–H and O–H groups in total. The van der Waals surface area contributed by atoms with E-state index in [2.05, 4.69) is 5.32 Å². The third kappa shape index (κ3) is 8.88. The lowest BCUT2D eigenvalue weighted by Gasteiger charge is -2.34. The standard InChI is InChI=1S/C37H40FN3O7S/c1-26(2)23-39-37(43)33(21-27-8-5-4-6-9-27)40(24-28-10-7-11-31(20-28)46-3)36(42)25-41(30-14-12-29(38)13-15-30)49(44,45)32-16-17-34-35(22-32)48-19-18-47-34/h4-17,20,22,26,33H,18-19,21,23-25H2,1-3H3,(H,39,43). The summed E-state index contributed by atoms with van der Waals surface area (Å²) >= 11 is 0. The maximum absolute atomic E-state index is 14.6. The highest BCUT2D eigenvalue weighted by molar-refractivity contribution is 7.92. The number of carbonyl (C=O) groups excluding carboxylic acids is 2. The molecule has 12 heteroatoms. The maximum Gasteiger partial charge on any atom is 0.264 e. The molecule has 49 heavy (non-hydrogen) atoms. The van der Waals surface area contributed by atoms with Crippen LogP contribution in [-0.4, -0.2) is 64.6 Å². The molecule has 1 aliphatic heterocycles. The summed E-state index contributed by atoms with van der Waals surface area (Å²) in [7, 11) is -2.90. The first-order valence-electron chi connectivity index (χ1n) is 16.0. The zero-order valence-electron chi connectivity index (χ0n) is 27.7. The Morgan fingerprint density at radius 2 is 1.57 bits per heavy atom. The van der Waals surface area contributed by atoms with Gasteiger partial charge < -0.3 is 24.4 Å². The van der Waals surface area contributed by atoms with Crippen LogP contribution >= 0.6 is 0 Å². The first-order chi connectivity index (χ1) is 23.5. The average molecular weight is 690 g/mol. The van der Waals surface area contributed by atoms with E-state index in [0.717, 1.165) is 22.0 Å².